The molecule has 0 fully saturated rings. The van der Waals surface area contributed by atoms with Gasteiger partial charge in [0.05, 0.1) is 5.69 Å². The van der Waals surface area contributed by atoms with E-state index in [4.69, 9.17) is 4.74 Å². The van der Waals surface area contributed by atoms with Gasteiger partial charge in [-0.2, -0.15) is 0 Å². The second kappa shape index (κ2) is 5.72. The molecule has 1 amide bonds. The SMILES string of the molecule is CNC(=O)COc1ccc(-c2ccccn2)nn1. The van der Waals surface area contributed by atoms with Crippen LogP contribution in [-0.4, -0.2) is 34.7 Å². The van der Waals surface area contributed by atoms with Crippen LogP contribution in [0.3, 0.4) is 0 Å². The van der Waals surface area contributed by atoms with Gasteiger partial charge in [-0.1, -0.05) is 6.07 Å². The summed E-state index contributed by atoms with van der Waals surface area (Å²) in [5.41, 5.74) is 1.39. The third kappa shape index (κ3) is 3.00. The van der Waals surface area contributed by atoms with E-state index in [-0.39, 0.29) is 12.5 Å². The fraction of sp³-hybridized carbons (Fsp3) is 0.167. The van der Waals surface area contributed by atoms with E-state index in [0.717, 1.165) is 5.69 Å². The molecule has 2 aromatic rings. The number of hydrogen-bond acceptors (Lipinski definition) is 5. The molecule has 0 aliphatic rings. The molecule has 6 nitrogen and oxygen atoms in total. The number of likely N-dealkylation sites (N-methyl/N-ethyl adjacent to an activating group) is 1. The zero-order valence-electron chi connectivity index (χ0n) is 9.83. The van der Waals surface area contributed by atoms with Crippen LogP contribution in [0.1, 0.15) is 0 Å². The number of amides is 1. The van der Waals surface area contributed by atoms with E-state index in [1.807, 2.05) is 18.2 Å². The number of hydrogen-bond donors (Lipinski definition) is 1. The van der Waals surface area contributed by atoms with E-state index in [1.54, 1.807) is 25.4 Å². The fourth-order valence-corrected chi connectivity index (χ4v) is 1.26. The van der Waals surface area contributed by atoms with Gasteiger partial charge in [0.25, 0.3) is 5.91 Å². The number of pyridine rings is 1. The van der Waals surface area contributed by atoms with Crippen LogP contribution in [0.4, 0.5) is 0 Å². The number of nitrogens with one attached hydrogen (secondary N) is 1. The summed E-state index contributed by atoms with van der Waals surface area (Å²) in [6, 6.07) is 8.95. The zero-order chi connectivity index (χ0) is 12.8. The summed E-state index contributed by atoms with van der Waals surface area (Å²) in [4.78, 5) is 15.1. The molecule has 2 heterocycles. The Hall–Kier alpha value is -2.50. The van der Waals surface area contributed by atoms with Crippen LogP contribution in [0.2, 0.25) is 0 Å². The maximum absolute atomic E-state index is 11.0. The van der Waals surface area contributed by atoms with Crippen LogP contribution in [0, 0.1) is 0 Å². The molecule has 0 aromatic carbocycles. The quantitative estimate of drug-likeness (QED) is 0.855. The molecular weight excluding hydrogens is 232 g/mol. The predicted molar refractivity (Wildman–Crippen MR) is 64.8 cm³/mol. The number of rotatable bonds is 4. The third-order valence-corrected chi connectivity index (χ3v) is 2.20. The first-order valence-corrected chi connectivity index (χ1v) is 5.38. The standard InChI is InChI=1S/C12H12N4O2/c1-13-11(17)8-18-12-6-5-10(15-16-12)9-4-2-3-7-14-9/h2-7H,8H2,1H3,(H,13,17). The van der Waals surface area contributed by atoms with Crippen LogP contribution in [0.15, 0.2) is 36.5 Å². The van der Waals surface area contributed by atoms with Gasteiger partial charge in [-0.3, -0.25) is 9.78 Å². The molecule has 0 atom stereocenters. The molecular formula is C12H12N4O2. The van der Waals surface area contributed by atoms with Crippen molar-refractivity contribution in [3.05, 3.63) is 36.5 Å². The van der Waals surface area contributed by atoms with Crippen molar-refractivity contribution in [2.45, 2.75) is 0 Å². The monoisotopic (exact) mass is 244 g/mol. The van der Waals surface area contributed by atoms with Crippen molar-refractivity contribution >= 4 is 5.91 Å². The maximum Gasteiger partial charge on any atom is 0.257 e. The molecule has 0 saturated heterocycles. The Balaban J connectivity index is 2.04. The molecule has 6 heteroatoms. The van der Waals surface area contributed by atoms with E-state index < -0.39 is 0 Å². The summed E-state index contributed by atoms with van der Waals surface area (Å²) in [6.07, 6.45) is 1.69. The number of carbonyl (C=O) groups excluding carboxylic acids is 1. The lowest BCUT2D eigenvalue weighted by Crippen LogP contribution is -2.25. The topological polar surface area (TPSA) is 77.0 Å². The van der Waals surface area contributed by atoms with Gasteiger partial charge >= 0.3 is 0 Å². The van der Waals surface area contributed by atoms with Gasteiger partial charge in [0.2, 0.25) is 5.88 Å². The number of ether oxygens (including phenoxy) is 1. The van der Waals surface area contributed by atoms with Crippen molar-refractivity contribution in [2.75, 3.05) is 13.7 Å². The molecule has 0 radical (unpaired) electrons. The minimum Gasteiger partial charge on any atom is -0.466 e. The Morgan fingerprint density at radius 1 is 1.22 bits per heavy atom. The van der Waals surface area contributed by atoms with Gasteiger partial charge in [-0.05, 0) is 18.2 Å². The summed E-state index contributed by atoms with van der Waals surface area (Å²) in [5.74, 6) is 0.0869. The van der Waals surface area contributed by atoms with Crippen LogP contribution in [-0.2, 0) is 4.79 Å². The van der Waals surface area contributed by atoms with Crippen LogP contribution in [0.25, 0.3) is 11.4 Å². The summed E-state index contributed by atoms with van der Waals surface area (Å²) >= 11 is 0. The lowest BCUT2D eigenvalue weighted by molar-refractivity contribution is -0.122. The minimum atomic E-state index is -0.217. The highest BCUT2D eigenvalue weighted by Crippen LogP contribution is 2.14. The first kappa shape index (κ1) is 12.0. The Kier molecular flexibility index (Phi) is 3.80. The largest absolute Gasteiger partial charge is 0.466 e. The average Bonchev–Trinajstić information content (AvgIpc) is 2.46. The predicted octanol–water partition coefficient (Wildman–Crippen LogP) is 0.663. The Morgan fingerprint density at radius 3 is 2.72 bits per heavy atom. The van der Waals surface area contributed by atoms with E-state index in [1.165, 1.54) is 0 Å². The van der Waals surface area contributed by atoms with Gasteiger partial charge in [0, 0.05) is 19.3 Å². The van der Waals surface area contributed by atoms with Crippen molar-refractivity contribution in [3.63, 3.8) is 0 Å². The first-order chi connectivity index (χ1) is 8.79. The lowest BCUT2D eigenvalue weighted by atomic mass is 10.2. The number of nitrogens with zero attached hydrogens (tertiary/aromatic N) is 3. The molecule has 0 bridgehead atoms. The Labute approximate surface area is 104 Å². The van der Waals surface area contributed by atoms with E-state index in [0.29, 0.717) is 11.6 Å². The van der Waals surface area contributed by atoms with Crippen molar-refractivity contribution in [3.8, 4) is 17.3 Å². The van der Waals surface area contributed by atoms with E-state index in [2.05, 4.69) is 20.5 Å². The summed E-state index contributed by atoms with van der Waals surface area (Å²) in [5, 5.41) is 10.3. The minimum absolute atomic E-state index is 0.0753. The first-order valence-electron chi connectivity index (χ1n) is 5.38. The summed E-state index contributed by atoms with van der Waals surface area (Å²) in [6.45, 7) is -0.0753. The average molecular weight is 244 g/mol. The highest BCUT2D eigenvalue weighted by Gasteiger charge is 2.04. The van der Waals surface area contributed by atoms with Crippen molar-refractivity contribution in [1.29, 1.82) is 0 Å². The second-order valence-corrected chi connectivity index (χ2v) is 3.43. The van der Waals surface area contributed by atoms with Gasteiger partial charge < -0.3 is 10.1 Å². The third-order valence-electron chi connectivity index (χ3n) is 2.20. The summed E-state index contributed by atoms with van der Waals surface area (Å²) < 4.78 is 5.14. The van der Waals surface area contributed by atoms with E-state index >= 15 is 0 Å². The normalized spacial score (nSPS) is 9.83. The molecule has 92 valence electrons. The molecule has 0 saturated carbocycles. The molecule has 18 heavy (non-hydrogen) atoms. The fourth-order valence-electron chi connectivity index (χ4n) is 1.26. The number of aromatic nitrogens is 3. The molecule has 1 N–H and O–H groups in total. The summed E-state index contributed by atoms with van der Waals surface area (Å²) in [7, 11) is 1.54. The highest BCUT2D eigenvalue weighted by atomic mass is 16.5. The van der Waals surface area contributed by atoms with Gasteiger partial charge in [0.1, 0.15) is 5.69 Å². The van der Waals surface area contributed by atoms with Crippen molar-refractivity contribution in [2.24, 2.45) is 0 Å². The van der Waals surface area contributed by atoms with Gasteiger partial charge in [0.15, 0.2) is 6.61 Å². The molecule has 2 aromatic heterocycles. The van der Waals surface area contributed by atoms with Crippen LogP contribution in [0.5, 0.6) is 5.88 Å². The van der Waals surface area contributed by atoms with Gasteiger partial charge in [-0.15, -0.1) is 10.2 Å². The lowest BCUT2D eigenvalue weighted by Gasteiger charge is -2.04. The van der Waals surface area contributed by atoms with E-state index in [9.17, 15) is 4.79 Å². The Bertz CT molecular complexity index is 513. The Morgan fingerprint density at radius 2 is 2.11 bits per heavy atom. The number of carbonyl (C=O) groups is 1. The van der Waals surface area contributed by atoms with Gasteiger partial charge in [-0.25, -0.2) is 0 Å². The molecule has 0 aliphatic heterocycles. The molecule has 0 spiro atoms. The van der Waals surface area contributed by atoms with Crippen LogP contribution >= 0.6 is 0 Å². The maximum atomic E-state index is 11.0. The van der Waals surface area contributed by atoms with Crippen molar-refractivity contribution < 1.29 is 9.53 Å². The van der Waals surface area contributed by atoms with Crippen molar-refractivity contribution in [1.82, 2.24) is 20.5 Å². The van der Waals surface area contributed by atoms with Crippen LogP contribution < -0.4 is 10.1 Å². The molecule has 2 rings (SSSR count). The molecule has 0 aliphatic carbocycles. The second-order valence-electron chi connectivity index (χ2n) is 3.43. The smallest absolute Gasteiger partial charge is 0.257 e. The zero-order valence-corrected chi connectivity index (χ0v) is 9.83. The highest BCUT2D eigenvalue weighted by molar-refractivity contribution is 5.77. The molecule has 0 unspecified atom stereocenters.